The van der Waals surface area contributed by atoms with Gasteiger partial charge in [-0.1, -0.05) is 0 Å². The predicted octanol–water partition coefficient (Wildman–Crippen LogP) is 0.837. The number of carboxylic acids is 1. The normalized spacial score (nSPS) is 11.7. The molecule has 0 heterocycles. The number of hydrogen-bond donors (Lipinski definition) is 2. The van der Waals surface area contributed by atoms with Crippen LogP contribution in [0.1, 0.15) is 0 Å². The Morgan fingerprint density at radius 3 is 2.14 bits per heavy atom. The zero-order valence-corrected chi connectivity index (χ0v) is 7.51. The molecular formula is C7H11F3N2O2. The molecule has 4 nitrogen and oxygen atoms in total. The summed E-state index contributed by atoms with van der Waals surface area (Å²) in [6, 6.07) is 0. The Hall–Kier alpha value is -1.53. The minimum Gasteiger partial charge on any atom is -0.478 e. The summed E-state index contributed by atoms with van der Waals surface area (Å²) in [5, 5.41) is 8.41. The maximum atomic E-state index is 11.8. The highest BCUT2D eigenvalue weighted by molar-refractivity contribution is 6.09. The molecule has 0 aliphatic carbocycles. The molecule has 0 spiro atoms. The largest absolute Gasteiger partial charge is 0.478 e. The summed E-state index contributed by atoms with van der Waals surface area (Å²) < 4.78 is 31.1. The Morgan fingerprint density at radius 2 is 1.93 bits per heavy atom. The van der Waals surface area contributed by atoms with E-state index in [1.165, 1.54) is 7.05 Å². The topological polar surface area (TPSA) is 75.7 Å². The number of hydrogen-bond acceptors (Lipinski definition) is 3. The van der Waals surface area contributed by atoms with Gasteiger partial charge in [0.25, 0.3) is 0 Å². The Morgan fingerprint density at radius 1 is 1.50 bits per heavy atom. The molecule has 0 saturated heterocycles. The van der Waals surface area contributed by atoms with Crippen molar-refractivity contribution in [3.63, 3.8) is 0 Å². The van der Waals surface area contributed by atoms with E-state index < -0.39 is 19.6 Å². The maximum absolute atomic E-state index is 11.8. The molecule has 0 unspecified atom stereocenters. The van der Waals surface area contributed by atoms with Crippen molar-refractivity contribution >= 4 is 12.2 Å². The number of carbonyl (C=O) groups is 1. The van der Waals surface area contributed by atoms with Crippen molar-refractivity contribution < 1.29 is 23.1 Å². The summed E-state index contributed by atoms with van der Waals surface area (Å²) >= 11 is 0. The Bertz CT molecular complexity index is 229. The first-order chi connectivity index (χ1) is 6.54. The number of nitrogens with zero attached hydrogens (tertiary/aromatic N) is 1. The van der Waals surface area contributed by atoms with Crippen LogP contribution in [-0.2, 0) is 4.79 Å². The smallest absolute Gasteiger partial charge is 0.339 e. The second-order valence-electron chi connectivity index (χ2n) is 1.87. The molecule has 82 valence electrons. The van der Waals surface area contributed by atoms with E-state index in [2.05, 4.69) is 4.99 Å². The minimum atomic E-state index is -1.75. The average molecular weight is 212 g/mol. The number of aliphatic carboxylic acids is 1. The first-order valence-electron chi connectivity index (χ1n) is 3.37. The van der Waals surface area contributed by atoms with Gasteiger partial charge in [-0.3, -0.25) is 4.99 Å². The van der Waals surface area contributed by atoms with Crippen molar-refractivity contribution in [3.05, 3.63) is 11.3 Å². The molecule has 3 N–H and O–H groups in total. The molecular weight excluding hydrogens is 201 g/mol. The average Bonchev–Trinajstić information content (AvgIpc) is 2.14. The van der Waals surface area contributed by atoms with Gasteiger partial charge in [0, 0.05) is 13.3 Å². The van der Waals surface area contributed by atoms with Crippen LogP contribution in [0.2, 0.25) is 0 Å². The second kappa shape index (κ2) is 9.56. The zero-order valence-electron chi connectivity index (χ0n) is 7.51. The molecule has 0 fully saturated rings. The lowest BCUT2D eigenvalue weighted by Crippen LogP contribution is -2.12. The van der Waals surface area contributed by atoms with E-state index in [1.54, 1.807) is 0 Å². The number of allylic oxidation sites excluding steroid dienone is 1. The third-order valence-electron chi connectivity index (χ3n) is 0.979. The van der Waals surface area contributed by atoms with Crippen molar-refractivity contribution in [2.45, 2.75) is 0 Å². The molecule has 7 heteroatoms. The summed E-state index contributed by atoms with van der Waals surface area (Å²) in [4.78, 5) is 13.7. The number of carboxylic acid groups (broad SMARTS) is 1. The van der Waals surface area contributed by atoms with E-state index in [0.717, 1.165) is 6.21 Å². The fourth-order valence-corrected chi connectivity index (χ4v) is 0.477. The van der Waals surface area contributed by atoms with Crippen LogP contribution in [0.15, 0.2) is 16.3 Å². The summed E-state index contributed by atoms with van der Waals surface area (Å²) in [5.74, 6) is -1.27. The number of halogens is 3. The van der Waals surface area contributed by atoms with Gasteiger partial charge in [-0.2, -0.15) is 0 Å². The van der Waals surface area contributed by atoms with E-state index in [-0.39, 0.29) is 11.3 Å². The van der Waals surface area contributed by atoms with Crippen molar-refractivity contribution in [1.29, 1.82) is 0 Å². The van der Waals surface area contributed by atoms with Crippen LogP contribution in [0.5, 0.6) is 0 Å². The molecule has 0 saturated carbocycles. The Kier molecular flexibility index (Phi) is 10.2. The first-order valence-corrected chi connectivity index (χ1v) is 3.37. The van der Waals surface area contributed by atoms with E-state index in [0.29, 0.717) is 0 Å². The number of aliphatic imine (C=N–C) groups is 1. The molecule has 14 heavy (non-hydrogen) atoms. The highest BCUT2D eigenvalue weighted by Crippen LogP contribution is 1.96. The zero-order chi connectivity index (χ0) is 11.6. The highest BCUT2D eigenvalue weighted by Gasteiger charge is 2.08. The summed E-state index contributed by atoms with van der Waals surface area (Å²) in [6.45, 7) is -2.73. The van der Waals surface area contributed by atoms with Gasteiger partial charge in [0.2, 0.25) is 6.93 Å². The van der Waals surface area contributed by atoms with Crippen LogP contribution in [0.25, 0.3) is 0 Å². The maximum Gasteiger partial charge on any atom is 0.339 e. The molecule has 0 amide bonds. The number of nitrogens with two attached hydrogens (primary N) is 1. The van der Waals surface area contributed by atoms with Gasteiger partial charge in [0.15, 0.2) is 0 Å². The first kappa shape index (κ1) is 15.0. The van der Waals surface area contributed by atoms with Gasteiger partial charge in [-0.15, -0.1) is 0 Å². The lowest BCUT2D eigenvalue weighted by molar-refractivity contribution is -0.132. The number of rotatable bonds is 3. The molecule has 0 rings (SSSR count). The van der Waals surface area contributed by atoms with Crippen molar-refractivity contribution in [2.24, 2.45) is 10.7 Å². The third-order valence-corrected chi connectivity index (χ3v) is 0.979. The minimum absolute atomic E-state index is 0.296. The van der Waals surface area contributed by atoms with E-state index in [1.807, 2.05) is 0 Å². The molecule has 0 radical (unpaired) electrons. The molecule has 0 atom stereocenters. The lowest BCUT2D eigenvalue weighted by Gasteiger charge is -1.97. The fraction of sp³-hybridized carbons (Fsp3) is 0.429. The Labute approximate surface area is 78.9 Å². The molecule has 0 aromatic heterocycles. The van der Waals surface area contributed by atoms with Gasteiger partial charge in [-0.05, 0) is 0 Å². The summed E-state index contributed by atoms with van der Waals surface area (Å²) in [5.41, 5.74) is 4.42. The van der Waals surface area contributed by atoms with Crippen molar-refractivity contribution in [3.8, 4) is 0 Å². The van der Waals surface area contributed by atoms with Gasteiger partial charge in [-0.25, -0.2) is 18.0 Å². The lowest BCUT2D eigenvalue weighted by atomic mass is 10.2. The monoisotopic (exact) mass is 212 g/mol. The second-order valence-corrected chi connectivity index (χ2v) is 1.87. The van der Waals surface area contributed by atoms with Crippen LogP contribution in [0.3, 0.4) is 0 Å². The van der Waals surface area contributed by atoms with Crippen molar-refractivity contribution in [1.82, 2.24) is 0 Å². The van der Waals surface area contributed by atoms with Crippen LogP contribution < -0.4 is 5.73 Å². The van der Waals surface area contributed by atoms with Crippen LogP contribution in [-0.4, -0.2) is 37.9 Å². The number of alkyl halides is 3. The van der Waals surface area contributed by atoms with E-state index in [4.69, 9.17) is 10.8 Å². The Balaban J connectivity index is 0. The molecule has 0 aromatic carbocycles. The summed E-state index contributed by atoms with van der Waals surface area (Å²) in [7, 11) is 1.38. The van der Waals surface area contributed by atoms with Crippen molar-refractivity contribution in [2.75, 3.05) is 20.7 Å². The molecule has 0 bridgehead atoms. The van der Waals surface area contributed by atoms with E-state index >= 15 is 0 Å². The molecule has 0 aliphatic heterocycles. The molecule has 0 aromatic rings. The van der Waals surface area contributed by atoms with Crippen LogP contribution in [0.4, 0.5) is 13.2 Å². The van der Waals surface area contributed by atoms with Crippen LogP contribution in [0, 0.1) is 0 Å². The predicted molar refractivity (Wildman–Crippen MR) is 46.3 cm³/mol. The summed E-state index contributed by atoms with van der Waals surface area (Å²) in [6.07, 6.45) is 1.01. The quantitative estimate of drug-likeness (QED) is 0.537. The SMILES string of the molecule is CN=C/C(C(=O)O)=C(\N)CF.FCF. The highest BCUT2D eigenvalue weighted by atomic mass is 19.3. The van der Waals surface area contributed by atoms with Gasteiger partial charge in [0.1, 0.15) is 6.67 Å². The van der Waals surface area contributed by atoms with Crippen LogP contribution >= 0.6 is 0 Å². The fourth-order valence-electron chi connectivity index (χ4n) is 0.477. The molecule has 0 aliphatic rings. The van der Waals surface area contributed by atoms with E-state index in [9.17, 15) is 18.0 Å². The standard InChI is InChI=1S/C6H9FN2O2.CH2F2/c1-9-3-4(6(10)11)5(8)2-7;2-1-3/h3H,2,8H2,1H3,(H,10,11);1H2/b5-4+,9-3?;. The third kappa shape index (κ3) is 7.14. The van der Waals surface area contributed by atoms with Gasteiger partial charge < -0.3 is 10.8 Å². The van der Waals surface area contributed by atoms with Gasteiger partial charge >= 0.3 is 5.97 Å². The van der Waals surface area contributed by atoms with Gasteiger partial charge in [0.05, 0.1) is 11.3 Å².